The maximum atomic E-state index is 5.39. The largest absolute Gasteiger partial charge is 0.466 e. The lowest BCUT2D eigenvalue weighted by molar-refractivity contribution is 0.403. The smallest absolute Gasteiger partial charge is 0.136 e. The molecule has 1 aromatic carbocycles. The quantitative estimate of drug-likeness (QED) is 0.912. The van der Waals surface area contributed by atoms with Gasteiger partial charge in [-0.15, -0.1) is 0 Å². The first-order valence-electron chi connectivity index (χ1n) is 5.85. The van der Waals surface area contributed by atoms with Gasteiger partial charge in [0.05, 0.1) is 17.3 Å². The Labute approximate surface area is 116 Å². The van der Waals surface area contributed by atoms with Crippen molar-refractivity contribution in [1.82, 2.24) is 4.90 Å². The summed E-state index contributed by atoms with van der Waals surface area (Å²) in [5.41, 5.74) is 2.43. The first kappa shape index (κ1) is 13.2. The lowest BCUT2D eigenvalue weighted by atomic mass is 10.1. The van der Waals surface area contributed by atoms with Gasteiger partial charge in [-0.1, -0.05) is 18.2 Å². The van der Waals surface area contributed by atoms with Crippen molar-refractivity contribution in [2.75, 3.05) is 19.4 Å². The standard InChI is InChI=1S/C14H17BrN2O/c1-17(2)10-11-5-3-4-6-13(11)16-9-14-12(15)7-8-18-14/h3-8,16H,9-10H2,1-2H3. The molecule has 0 fully saturated rings. The Morgan fingerprint density at radius 1 is 1.22 bits per heavy atom. The van der Waals surface area contributed by atoms with Gasteiger partial charge in [-0.2, -0.15) is 0 Å². The molecule has 4 heteroatoms. The molecule has 0 saturated carbocycles. The monoisotopic (exact) mass is 308 g/mol. The van der Waals surface area contributed by atoms with Crippen LogP contribution < -0.4 is 5.32 Å². The maximum absolute atomic E-state index is 5.39. The average molecular weight is 309 g/mol. The van der Waals surface area contributed by atoms with Crippen LogP contribution in [-0.2, 0) is 13.1 Å². The van der Waals surface area contributed by atoms with Crippen LogP contribution in [0.25, 0.3) is 0 Å². The molecule has 96 valence electrons. The number of nitrogens with zero attached hydrogens (tertiary/aromatic N) is 1. The van der Waals surface area contributed by atoms with Crippen LogP contribution in [-0.4, -0.2) is 19.0 Å². The van der Waals surface area contributed by atoms with E-state index in [1.54, 1.807) is 6.26 Å². The molecule has 0 aliphatic rings. The van der Waals surface area contributed by atoms with E-state index in [0.717, 1.165) is 22.5 Å². The Morgan fingerprint density at radius 2 is 2.00 bits per heavy atom. The highest BCUT2D eigenvalue weighted by atomic mass is 79.9. The lowest BCUT2D eigenvalue weighted by Crippen LogP contribution is -2.12. The van der Waals surface area contributed by atoms with Crippen molar-refractivity contribution < 1.29 is 4.42 Å². The van der Waals surface area contributed by atoms with E-state index in [-0.39, 0.29) is 0 Å². The minimum atomic E-state index is 0.679. The Kier molecular flexibility index (Phi) is 4.44. The third kappa shape index (κ3) is 3.37. The maximum Gasteiger partial charge on any atom is 0.136 e. The van der Waals surface area contributed by atoms with Crippen LogP contribution >= 0.6 is 15.9 Å². The zero-order chi connectivity index (χ0) is 13.0. The summed E-state index contributed by atoms with van der Waals surface area (Å²) in [7, 11) is 4.14. The molecule has 0 aliphatic heterocycles. The first-order chi connectivity index (χ1) is 8.66. The molecule has 18 heavy (non-hydrogen) atoms. The molecule has 1 N–H and O–H groups in total. The molecule has 3 nitrogen and oxygen atoms in total. The third-order valence-electron chi connectivity index (χ3n) is 2.63. The molecular formula is C14H17BrN2O. The predicted molar refractivity (Wildman–Crippen MR) is 77.6 cm³/mol. The average Bonchev–Trinajstić information content (AvgIpc) is 2.73. The van der Waals surface area contributed by atoms with Crippen molar-refractivity contribution in [1.29, 1.82) is 0 Å². The number of nitrogens with one attached hydrogen (secondary N) is 1. The van der Waals surface area contributed by atoms with Crippen molar-refractivity contribution in [2.24, 2.45) is 0 Å². The second-order valence-electron chi connectivity index (χ2n) is 4.44. The zero-order valence-corrected chi connectivity index (χ0v) is 12.2. The Morgan fingerprint density at radius 3 is 2.67 bits per heavy atom. The number of rotatable bonds is 5. The number of para-hydroxylation sites is 1. The zero-order valence-electron chi connectivity index (χ0n) is 10.6. The minimum absolute atomic E-state index is 0.679. The molecule has 0 radical (unpaired) electrons. The van der Waals surface area contributed by atoms with Gasteiger partial charge in [0.2, 0.25) is 0 Å². The van der Waals surface area contributed by atoms with Gasteiger partial charge >= 0.3 is 0 Å². The van der Waals surface area contributed by atoms with Crippen molar-refractivity contribution in [3.8, 4) is 0 Å². The number of anilines is 1. The SMILES string of the molecule is CN(C)Cc1ccccc1NCc1occc1Br. The fraction of sp³-hybridized carbons (Fsp3) is 0.286. The summed E-state index contributed by atoms with van der Waals surface area (Å²) in [5.74, 6) is 0.912. The summed E-state index contributed by atoms with van der Waals surface area (Å²) in [6.07, 6.45) is 1.69. The predicted octanol–water partition coefficient (Wildman–Crippen LogP) is 3.72. The van der Waals surface area contributed by atoms with Gasteiger partial charge in [0.15, 0.2) is 0 Å². The summed E-state index contributed by atoms with van der Waals surface area (Å²) in [4.78, 5) is 2.16. The van der Waals surface area contributed by atoms with Gasteiger partial charge in [0, 0.05) is 12.2 Å². The highest BCUT2D eigenvalue weighted by molar-refractivity contribution is 9.10. The van der Waals surface area contributed by atoms with E-state index in [9.17, 15) is 0 Å². The van der Waals surface area contributed by atoms with E-state index in [2.05, 4.69) is 58.4 Å². The fourth-order valence-electron chi connectivity index (χ4n) is 1.80. The van der Waals surface area contributed by atoms with E-state index in [1.165, 1.54) is 5.56 Å². The van der Waals surface area contributed by atoms with Gasteiger partial charge in [0.25, 0.3) is 0 Å². The molecule has 0 spiro atoms. The van der Waals surface area contributed by atoms with E-state index in [4.69, 9.17) is 4.42 Å². The van der Waals surface area contributed by atoms with Crippen LogP contribution in [0.3, 0.4) is 0 Å². The molecule has 2 aromatic rings. The number of hydrogen-bond acceptors (Lipinski definition) is 3. The van der Waals surface area contributed by atoms with Crippen LogP contribution in [0.5, 0.6) is 0 Å². The minimum Gasteiger partial charge on any atom is -0.466 e. The van der Waals surface area contributed by atoms with E-state index >= 15 is 0 Å². The highest BCUT2D eigenvalue weighted by Gasteiger charge is 2.06. The first-order valence-corrected chi connectivity index (χ1v) is 6.64. The Bertz CT molecular complexity index is 508. The normalized spacial score (nSPS) is 10.9. The van der Waals surface area contributed by atoms with Crippen LogP contribution in [0.1, 0.15) is 11.3 Å². The highest BCUT2D eigenvalue weighted by Crippen LogP contribution is 2.21. The van der Waals surface area contributed by atoms with Crippen molar-refractivity contribution in [3.05, 3.63) is 52.4 Å². The number of benzene rings is 1. The van der Waals surface area contributed by atoms with Crippen LogP contribution in [0.2, 0.25) is 0 Å². The summed E-state index contributed by atoms with van der Waals surface area (Å²) >= 11 is 3.46. The van der Waals surface area contributed by atoms with Gasteiger partial charge in [-0.3, -0.25) is 0 Å². The molecule has 0 aliphatic carbocycles. The lowest BCUT2D eigenvalue weighted by Gasteiger charge is -2.15. The van der Waals surface area contributed by atoms with E-state index < -0.39 is 0 Å². The molecule has 0 saturated heterocycles. The molecule has 0 bridgehead atoms. The molecule has 2 rings (SSSR count). The summed E-state index contributed by atoms with van der Waals surface area (Å²) < 4.78 is 6.39. The second kappa shape index (κ2) is 6.07. The summed E-state index contributed by atoms with van der Waals surface area (Å²) in [5, 5.41) is 3.41. The van der Waals surface area contributed by atoms with Gasteiger partial charge in [0.1, 0.15) is 5.76 Å². The third-order valence-corrected chi connectivity index (χ3v) is 3.34. The fourth-order valence-corrected chi connectivity index (χ4v) is 2.14. The van der Waals surface area contributed by atoms with Crippen molar-refractivity contribution in [3.63, 3.8) is 0 Å². The topological polar surface area (TPSA) is 28.4 Å². The summed E-state index contributed by atoms with van der Waals surface area (Å²) in [6, 6.07) is 10.2. The van der Waals surface area contributed by atoms with Crippen molar-refractivity contribution >= 4 is 21.6 Å². The Balaban J connectivity index is 2.07. The van der Waals surface area contributed by atoms with Gasteiger partial charge < -0.3 is 14.6 Å². The van der Waals surface area contributed by atoms with Crippen molar-refractivity contribution in [2.45, 2.75) is 13.1 Å². The van der Waals surface area contributed by atoms with Gasteiger partial charge in [-0.05, 0) is 47.7 Å². The summed E-state index contributed by atoms with van der Waals surface area (Å²) in [6.45, 7) is 1.60. The molecule has 1 heterocycles. The van der Waals surface area contributed by atoms with Crippen LogP contribution in [0.4, 0.5) is 5.69 Å². The van der Waals surface area contributed by atoms with E-state index in [1.807, 2.05) is 12.1 Å². The van der Waals surface area contributed by atoms with Crippen LogP contribution in [0, 0.1) is 0 Å². The molecule has 1 aromatic heterocycles. The van der Waals surface area contributed by atoms with E-state index in [0.29, 0.717) is 6.54 Å². The number of hydrogen-bond donors (Lipinski definition) is 1. The molecule has 0 atom stereocenters. The molecule has 0 amide bonds. The molecular weight excluding hydrogens is 292 g/mol. The molecule has 0 unspecified atom stereocenters. The number of furan rings is 1. The second-order valence-corrected chi connectivity index (χ2v) is 5.29. The number of halogens is 1. The Hall–Kier alpha value is -1.26. The van der Waals surface area contributed by atoms with Gasteiger partial charge in [-0.25, -0.2) is 0 Å². The van der Waals surface area contributed by atoms with Crippen LogP contribution in [0.15, 0.2) is 45.5 Å².